The van der Waals surface area contributed by atoms with Crippen molar-refractivity contribution in [3.8, 4) is 0 Å². The third-order valence-corrected chi connectivity index (χ3v) is 1.84. The number of anilines is 1. The summed E-state index contributed by atoms with van der Waals surface area (Å²) >= 11 is 5.88. The van der Waals surface area contributed by atoms with E-state index >= 15 is 0 Å². The van der Waals surface area contributed by atoms with Crippen molar-refractivity contribution < 1.29 is 0 Å². The second-order valence-corrected chi connectivity index (χ2v) is 3.92. The Hall–Kier alpha value is -0.830. The van der Waals surface area contributed by atoms with Crippen LogP contribution < -0.4 is 4.90 Å². The minimum Gasteiger partial charge on any atom is -0.358 e. The van der Waals surface area contributed by atoms with Crippen LogP contribution in [-0.2, 0) is 0 Å². The van der Waals surface area contributed by atoms with Crippen LogP contribution in [0.1, 0.15) is 12.6 Å². The lowest BCUT2D eigenvalue weighted by molar-refractivity contribution is 0.838. The topological polar surface area (TPSA) is 29.0 Å². The highest BCUT2D eigenvalue weighted by atomic mass is 35.5. The average molecular weight is 200 g/mol. The van der Waals surface area contributed by atoms with Crippen LogP contribution in [0.4, 0.5) is 5.82 Å². The fourth-order valence-electron chi connectivity index (χ4n) is 1.12. The molecule has 0 amide bonds. The largest absolute Gasteiger partial charge is 0.358 e. The highest BCUT2D eigenvalue weighted by Gasteiger charge is 2.05. The van der Waals surface area contributed by atoms with Gasteiger partial charge in [0, 0.05) is 30.7 Å². The molecule has 72 valence electrons. The van der Waals surface area contributed by atoms with Gasteiger partial charge in [0.25, 0.3) is 0 Å². The lowest BCUT2D eigenvalue weighted by atomic mass is 10.4. The lowest BCUT2D eigenvalue weighted by Gasteiger charge is -2.19. The maximum absolute atomic E-state index is 5.88. The summed E-state index contributed by atoms with van der Waals surface area (Å²) < 4.78 is 0. The van der Waals surface area contributed by atoms with Gasteiger partial charge in [0.05, 0.1) is 0 Å². The van der Waals surface area contributed by atoms with E-state index in [1.807, 2.05) is 31.9 Å². The van der Waals surface area contributed by atoms with Gasteiger partial charge in [-0.2, -0.15) is 0 Å². The van der Waals surface area contributed by atoms with E-state index in [2.05, 4.69) is 9.97 Å². The van der Waals surface area contributed by atoms with Gasteiger partial charge in [-0.25, -0.2) is 9.97 Å². The van der Waals surface area contributed by atoms with Crippen molar-refractivity contribution in [3.63, 3.8) is 0 Å². The molecule has 3 nitrogen and oxygen atoms in total. The smallest absolute Gasteiger partial charge is 0.131 e. The van der Waals surface area contributed by atoms with Crippen LogP contribution >= 0.6 is 11.6 Å². The Morgan fingerprint density at radius 1 is 1.54 bits per heavy atom. The number of aryl methyl sites for hydroxylation is 1. The van der Waals surface area contributed by atoms with Crippen LogP contribution in [0.3, 0.4) is 0 Å². The zero-order valence-corrected chi connectivity index (χ0v) is 8.91. The molecule has 0 saturated carbocycles. The first-order chi connectivity index (χ1) is 6.09. The summed E-state index contributed by atoms with van der Waals surface area (Å²) in [4.78, 5) is 10.2. The molecule has 0 spiro atoms. The summed E-state index contributed by atoms with van der Waals surface area (Å²) in [5, 5.41) is 0.125. The summed E-state index contributed by atoms with van der Waals surface area (Å²) in [5.41, 5.74) is 0.971. The van der Waals surface area contributed by atoms with Gasteiger partial charge in [0.1, 0.15) is 12.1 Å². The number of hydrogen-bond donors (Lipinski definition) is 0. The molecule has 1 heterocycles. The molecule has 1 aromatic heterocycles. The number of hydrogen-bond acceptors (Lipinski definition) is 3. The molecular formula is C9H14ClN3. The van der Waals surface area contributed by atoms with Gasteiger partial charge in [-0.15, -0.1) is 11.6 Å². The van der Waals surface area contributed by atoms with Crippen LogP contribution in [0.25, 0.3) is 0 Å². The zero-order chi connectivity index (χ0) is 9.84. The molecule has 1 rings (SSSR count). The molecule has 0 aliphatic carbocycles. The molecule has 1 unspecified atom stereocenters. The lowest BCUT2D eigenvalue weighted by Crippen LogP contribution is -2.25. The van der Waals surface area contributed by atoms with E-state index in [-0.39, 0.29) is 5.38 Å². The number of nitrogens with zero attached hydrogens (tertiary/aromatic N) is 3. The van der Waals surface area contributed by atoms with Crippen LogP contribution in [0.5, 0.6) is 0 Å². The van der Waals surface area contributed by atoms with Crippen LogP contribution in [-0.4, -0.2) is 28.9 Å². The molecular weight excluding hydrogens is 186 g/mol. The Kier molecular flexibility index (Phi) is 3.48. The van der Waals surface area contributed by atoms with Gasteiger partial charge in [-0.05, 0) is 13.8 Å². The summed E-state index contributed by atoms with van der Waals surface area (Å²) in [6.07, 6.45) is 1.57. The van der Waals surface area contributed by atoms with Gasteiger partial charge >= 0.3 is 0 Å². The second kappa shape index (κ2) is 4.42. The minimum absolute atomic E-state index is 0.125. The number of halogens is 1. The van der Waals surface area contributed by atoms with Gasteiger partial charge in [0.15, 0.2) is 0 Å². The van der Waals surface area contributed by atoms with Gasteiger partial charge in [-0.3, -0.25) is 0 Å². The fourth-order valence-corrected chi connectivity index (χ4v) is 1.33. The van der Waals surface area contributed by atoms with Crippen molar-refractivity contribution in [2.24, 2.45) is 0 Å². The summed E-state index contributed by atoms with van der Waals surface area (Å²) in [5.74, 6) is 0.917. The quantitative estimate of drug-likeness (QED) is 0.696. The van der Waals surface area contributed by atoms with E-state index in [9.17, 15) is 0 Å². The van der Waals surface area contributed by atoms with E-state index in [4.69, 9.17) is 11.6 Å². The van der Waals surface area contributed by atoms with Gasteiger partial charge < -0.3 is 4.90 Å². The predicted octanol–water partition coefficient (Wildman–Crippen LogP) is 1.85. The summed E-state index contributed by atoms with van der Waals surface area (Å²) in [7, 11) is 1.97. The molecule has 0 saturated heterocycles. The first-order valence-electron chi connectivity index (χ1n) is 4.23. The molecule has 0 aliphatic rings. The summed E-state index contributed by atoms with van der Waals surface area (Å²) in [6.45, 7) is 4.70. The standard InChI is InChI=1S/C9H14ClN3/c1-7(10)5-13(3)9-4-8(2)11-6-12-9/h4,6-7H,5H2,1-3H3. The first-order valence-corrected chi connectivity index (χ1v) is 4.67. The highest BCUT2D eigenvalue weighted by molar-refractivity contribution is 6.20. The fraction of sp³-hybridized carbons (Fsp3) is 0.556. The minimum atomic E-state index is 0.125. The Morgan fingerprint density at radius 3 is 2.77 bits per heavy atom. The number of alkyl halides is 1. The second-order valence-electron chi connectivity index (χ2n) is 3.18. The predicted molar refractivity (Wildman–Crippen MR) is 55.4 cm³/mol. The SMILES string of the molecule is Cc1cc(N(C)CC(C)Cl)ncn1. The van der Waals surface area contributed by atoms with Crippen LogP contribution in [0.15, 0.2) is 12.4 Å². The van der Waals surface area contributed by atoms with Crippen molar-refractivity contribution in [2.45, 2.75) is 19.2 Å². The number of aromatic nitrogens is 2. The maximum atomic E-state index is 5.88. The van der Waals surface area contributed by atoms with Crippen LogP contribution in [0.2, 0.25) is 0 Å². The maximum Gasteiger partial charge on any atom is 0.131 e. The molecule has 0 aliphatic heterocycles. The monoisotopic (exact) mass is 199 g/mol. The molecule has 0 N–H and O–H groups in total. The Bertz CT molecular complexity index is 275. The first kappa shape index (κ1) is 10.3. The molecule has 0 radical (unpaired) electrons. The molecule has 4 heteroatoms. The normalized spacial score (nSPS) is 12.6. The third-order valence-electron chi connectivity index (χ3n) is 1.71. The zero-order valence-electron chi connectivity index (χ0n) is 8.16. The summed E-state index contributed by atoms with van der Waals surface area (Å²) in [6, 6.07) is 1.94. The number of rotatable bonds is 3. The van der Waals surface area contributed by atoms with Crippen molar-refractivity contribution in [1.82, 2.24) is 9.97 Å². The van der Waals surface area contributed by atoms with Crippen molar-refractivity contribution in [1.29, 1.82) is 0 Å². The van der Waals surface area contributed by atoms with E-state index in [0.717, 1.165) is 18.1 Å². The third kappa shape index (κ3) is 3.19. The Morgan fingerprint density at radius 2 is 2.23 bits per heavy atom. The molecule has 1 atom stereocenters. The van der Waals surface area contributed by atoms with E-state index < -0.39 is 0 Å². The van der Waals surface area contributed by atoms with E-state index in [1.54, 1.807) is 6.33 Å². The van der Waals surface area contributed by atoms with Gasteiger partial charge in [0.2, 0.25) is 0 Å². The van der Waals surface area contributed by atoms with E-state index in [0.29, 0.717) is 0 Å². The van der Waals surface area contributed by atoms with Crippen molar-refractivity contribution in [2.75, 3.05) is 18.5 Å². The Labute approximate surface area is 83.8 Å². The van der Waals surface area contributed by atoms with Crippen molar-refractivity contribution in [3.05, 3.63) is 18.1 Å². The molecule has 1 aromatic rings. The van der Waals surface area contributed by atoms with E-state index in [1.165, 1.54) is 0 Å². The Balaban J connectivity index is 2.71. The average Bonchev–Trinajstić information content (AvgIpc) is 2.03. The highest BCUT2D eigenvalue weighted by Crippen LogP contribution is 2.09. The molecule has 0 bridgehead atoms. The van der Waals surface area contributed by atoms with Crippen LogP contribution in [0, 0.1) is 6.92 Å². The van der Waals surface area contributed by atoms with Gasteiger partial charge in [-0.1, -0.05) is 0 Å². The molecule has 13 heavy (non-hydrogen) atoms. The molecule has 0 fully saturated rings. The van der Waals surface area contributed by atoms with Crippen molar-refractivity contribution >= 4 is 17.4 Å². The molecule has 0 aromatic carbocycles.